The van der Waals surface area contributed by atoms with E-state index in [2.05, 4.69) is 15.9 Å². The van der Waals surface area contributed by atoms with E-state index in [0.29, 0.717) is 16.3 Å². The topological polar surface area (TPSA) is 35.2 Å². The van der Waals surface area contributed by atoms with Crippen LogP contribution in [0.3, 0.4) is 0 Å². The van der Waals surface area contributed by atoms with Gasteiger partial charge in [-0.15, -0.1) is 0 Å². The van der Waals surface area contributed by atoms with E-state index in [9.17, 15) is 0 Å². The lowest BCUT2D eigenvalue weighted by molar-refractivity contribution is 0.108. The molecule has 3 heteroatoms. The van der Waals surface area contributed by atoms with E-state index >= 15 is 0 Å². The smallest absolute Gasteiger partial charge is 0.0706 e. The van der Waals surface area contributed by atoms with Gasteiger partial charge in [-0.2, -0.15) is 0 Å². The molecule has 11 heavy (non-hydrogen) atoms. The first-order valence-corrected chi connectivity index (χ1v) is 5.13. The molecule has 64 valence electrons. The molecule has 2 N–H and O–H groups in total. The Labute approximate surface area is 75.6 Å². The van der Waals surface area contributed by atoms with Gasteiger partial charge in [0.15, 0.2) is 0 Å². The lowest BCUT2D eigenvalue weighted by atomic mass is 9.76. The lowest BCUT2D eigenvalue weighted by Crippen LogP contribution is -2.36. The van der Waals surface area contributed by atoms with Crippen molar-refractivity contribution in [2.75, 3.05) is 13.2 Å². The van der Waals surface area contributed by atoms with Crippen LogP contribution in [0, 0.1) is 5.41 Å². The zero-order valence-electron chi connectivity index (χ0n) is 6.55. The first-order valence-electron chi connectivity index (χ1n) is 4.21. The average Bonchev–Trinajstić information content (AvgIpc) is 2.40. The van der Waals surface area contributed by atoms with E-state index in [1.54, 1.807) is 0 Å². The number of hydrogen-bond donors (Lipinski definition) is 1. The lowest BCUT2D eigenvalue weighted by Gasteiger charge is -2.31. The average molecular weight is 220 g/mol. The van der Waals surface area contributed by atoms with Gasteiger partial charge >= 0.3 is 0 Å². The zero-order chi connectivity index (χ0) is 7.90. The highest BCUT2D eigenvalue weighted by Crippen LogP contribution is 2.45. The van der Waals surface area contributed by atoms with Crippen LogP contribution in [0.4, 0.5) is 0 Å². The first kappa shape index (κ1) is 8.02. The minimum Gasteiger partial charge on any atom is -0.376 e. The minimum absolute atomic E-state index is 0.342. The predicted molar refractivity (Wildman–Crippen MR) is 47.8 cm³/mol. The number of rotatable bonds is 1. The largest absolute Gasteiger partial charge is 0.376 e. The number of nitrogens with two attached hydrogens (primary N) is 1. The van der Waals surface area contributed by atoms with Gasteiger partial charge in [-0.1, -0.05) is 15.9 Å². The van der Waals surface area contributed by atoms with E-state index in [1.807, 2.05) is 0 Å². The van der Waals surface area contributed by atoms with Crippen LogP contribution in [0.1, 0.15) is 19.3 Å². The van der Waals surface area contributed by atoms with Crippen molar-refractivity contribution in [3.05, 3.63) is 0 Å². The fourth-order valence-electron chi connectivity index (χ4n) is 2.11. The van der Waals surface area contributed by atoms with Crippen LogP contribution < -0.4 is 5.73 Å². The molecule has 0 spiro atoms. The molecule has 1 saturated heterocycles. The highest BCUT2D eigenvalue weighted by molar-refractivity contribution is 9.09. The molecule has 2 bridgehead atoms. The molecule has 1 saturated carbocycles. The van der Waals surface area contributed by atoms with Crippen molar-refractivity contribution in [1.29, 1.82) is 0 Å². The highest BCUT2D eigenvalue weighted by Gasteiger charge is 2.45. The number of fused-ring (bicyclic) bond motifs is 2. The van der Waals surface area contributed by atoms with Crippen molar-refractivity contribution in [2.45, 2.75) is 30.2 Å². The summed E-state index contributed by atoms with van der Waals surface area (Å²) in [5.74, 6) is 0. The summed E-state index contributed by atoms with van der Waals surface area (Å²) in [4.78, 5) is 0.574. The number of ether oxygens (including phenoxy) is 1. The normalized spacial score (nSPS) is 49.6. The Morgan fingerprint density at radius 1 is 1.64 bits per heavy atom. The summed E-state index contributed by atoms with van der Waals surface area (Å²) in [5, 5.41) is 0. The molecule has 1 aliphatic heterocycles. The molecule has 0 aromatic rings. The van der Waals surface area contributed by atoms with Gasteiger partial charge in [-0.3, -0.25) is 0 Å². The van der Waals surface area contributed by atoms with Gasteiger partial charge in [-0.05, 0) is 19.3 Å². The van der Waals surface area contributed by atoms with Crippen LogP contribution in [-0.4, -0.2) is 24.1 Å². The van der Waals surface area contributed by atoms with Gasteiger partial charge in [0.25, 0.3) is 0 Å². The molecule has 0 aromatic carbocycles. The van der Waals surface area contributed by atoms with Crippen LogP contribution >= 0.6 is 15.9 Å². The first-order chi connectivity index (χ1) is 5.26. The Bertz CT molecular complexity index is 164. The molecule has 2 aliphatic rings. The number of halogens is 1. The van der Waals surface area contributed by atoms with Crippen LogP contribution in [0.2, 0.25) is 0 Å². The van der Waals surface area contributed by atoms with E-state index in [-0.39, 0.29) is 0 Å². The molecule has 1 heterocycles. The monoisotopic (exact) mass is 219 g/mol. The third-order valence-electron chi connectivity index (χ3n) is 3.02. The zero-order valence-corrected chi connectivity index (χ0v) is 8.14. The van der Waals surface area contributed by atoms with Gasteiger partial charge in [0, 0.05) is 16.8 Å². The molecule has 0 aromatic heterocycles. The fraction of sp³-hybridized carbons (Fsp3) is 1.00. The predicted octanol–water partition coefficient (Wildman–Crippen LogP) is 1.28. The van der Waals surface area contributed by atoms with Crippen molar-refractivity contribution in [3.8, 4) is 0 Å². The second-order valence-corrected chi connectivity index (χ2v) is 4.99. The molecule has 1 aliphatic carbocycles. The Hall–Kier alpha value is 0.400. The summed E-state index contributed by atoms with van der Waals surface area (Å²) in [6.45, 7) is 1.68. The second kappa shape index (κ2) is 2.71. The molecular formula is C8H14BrNO. The third-order valence-corrected chi connectivity index (χ3v) is 4.07. The van der Waals surface area contributed by atoms with Crippen molar-refractivity contribution in [1.82, 2.24) is 0 Å². The summed E-state index contributed by atoms with van der Waals surface area (Å²) in [7, 11) is 0. The number of alkyl halides is 1. The van der Waals surface area contributed by atoms with Crippen molar-refractivity contribution in [2.24, 2.45) is 11.1 Å². The van der Waals surface area contributed by atoms with Gasteiger partial charge < -0.3 is 10.5 Å². The maximum Gasteiger partial charge on any atom is 0.0706 e. The van der Waals surface area contributed by atoms with E-state index < -0.39 is 0 Å². The van der Waals surface area contributed by atoms with Crippen molar-refractivity contribution >= 4 is 15.9 Å². The molecule has 3 atom stereocenters. The van der Waals surface area contributed by atoms with Gasteiger partial charge in [-0.25, -0.2) is 0 Å². The second-order valence-electron chi connectivity index (χ2n) is 3.81. The minimum atomic E-state index is 0.342. The summed E-state index contributed by atoms with van der Waals surface area (Å²) in [5.41, 5.74) is 6.07. The number of hydrogen-bond acceptors (Lipinski definition) is 2. The Balaban J connectivity index is 2.10. The fourth-order valence-corrected chi connectivity index (χ4v) is 2.68. The molecule has 0 radical (unpaired) electrons. The molecule has 2 fully saturated rings. The van der Waals surface area contributed by atoms with E-state index in [0.717, 1.165) is 13.2 Å². The summed E-state index contributed by atoms with van der Waals surface area (Å²) >= 11 is 3.63. The third kappa shape index (κ3) is 1.23. The van der Waals surface area contributed by atoms with Crippen LogP contribution in [-0.2, 0) is 4.74 Å². The summed E-state index contributed by atoms with van der Waals surface area (Å²) in [6, 6.07) is 0. The maximum absolute atomic E-state index is 5.73. The maximum atomic E-state index is 5.73. The Morgan fingerprint density at radius 2 is 2.45 bits per heavy atom. The van der Waals surface area contributed by atoms with Crippen molar-refractivity contribution in [3.63, 3.8) is 0 Å². The van der Waals surface area contributed by atoms with Gasteiger partial charge in [0.1, 0.15) is 0 Å². The van der Waals surface area contributed by atoms with Crippen LogP contribution in [0.25, 0.3) is 0 Å². The molecular weight excluding hydrogens is 206 g/mol. The van der Waals surface area contributed by atoms with E-state index in [1.165, 1.54) is 19.3 Å². The molecule has 2 rings (SSSR count). The molecule has 0 unspecified atom stereocenters. The van der Waals surface area contributed by atoms with Crippen LogP contribution in [0.5, 0.6) is 0 Å². The van der Waals surface area contributed by atoms with Gasteiger partial charge in [0.2, 0.25) is 0 Å². The standard InChI is InChI=1S/C8H14BrNO/c9-6-1-2-8(4-10)3-7(6)11-5-8/h6-7H,1-5,10H2/t6-,7-,8-/m1/s1. The summed E-state index contributed by atoms with van der Waals surface area (Å²) < 4.78 is 5.66. The van der Waals surface area contributed by atoms with Gasteiger partial charge in [0.05, 0.1) is 12.7 Å². The molecule has 2 nitrogen and oxygen atoms in total. The summed E-state index contributed by atoms with van der Waals surface area (Å²) in [6.07, 6.45) is 4.06. The molecule has 0 amide bonds. The van der Waals surface area contributed by atoms with Crippen molar-refractivity contribution < 1.29 is 4.74 Å². The van der Waals surface area contributed by atoms with Crippen LogP contribution in [0.15, 0.2) is 0 Å². The Kier molecular flexibility index (Phi) is 1.98. The Morgan fingerprint density at radius 3 is 3.18 bits per heavy atom. The van der Waals surface area contributed by atoms with E-state index in [4.69, 9.17) is 10.5 Å². The highest BCUT2D eigenvalue weighted by atomic mass is 79.9. The quantitative estimate of drug-likeness (QED) is 0.675. The SMILES string of the molecule is NC[C@@]12CC[C@@H](Br)[C@@H](C1)OC2.